The highest BCUT2D eigenvalue weighted by Gasteiger charge is 2.54. The second-order valence-electron chi connectivity index (χ2n) is 6.82. The van der Waals surface area contributed by atoms with Gasteiger partial charge in [-0.25, -0.2) is 0 Å². The molecule has 0 fully saturated rings. The summed E-state index contributed by atoms with van der Waals surface area (Å²) in [5.41, 5.74) is -0.395. The predicted molar refractivity (Wildman–Crippen MR) is 103 cm³/mol. The maximum Gasteiger partial charge on any atom is 0.225 e. The minimum atomic E-state index is -1.72. The molecule has 0 aromatic heterocycles. The Kier molecular flexibility index (Phi) is 3.97. The molecule has 2 aliphatic rings. The third kappa shape index (κ3) is 2.75. The van der Waals surface area contributed by atoms with Crippen LogP contribution in [0, 0.1) is 0 Å². The van der Waals surface area contributed by atoms with Gasteiger partial charge in [0.15, 0.2) is 28.8 Å². The molecule has 1 atom stereocenters. The van der Waals surface area contributed by atoms with Gasteiger partial charge in [0.1, 0.15) is 5.76 Å². The van der Waals surface area contributed by atoms with E-state index in [0.717, 1.165) is 0 Å². The monoisotopic (exact) mass is 392 g/mol. The minimum absolute atomic E-state index is 0.101. The maximum absolute atomic E-state index is 12.9. The number of allylic oxidation sites excluding steroid dienone is 1. The van der Waals surface area contributed by atoms with Crippen LogP contribution in [0.2, 0.25) is 0 Å². The Hall–Kier alpha value is -4.00. The fourth-order valence-corrected chi connectivity index (χ4v) is 3.54. The molecule has 0 amide bonds. The summed E-state index contributed by atoms with van der Waals surface area (Å²) in [5, 5.41) is 38.6. The molecule has 0 bridgehead atoms. The fourth-order valence-electron chi connectivity index (χ4n) is 3.54. The number of carbonyl (C=O) groups excluding carboxylic acids is 2. The van der Waals surface area contributed by atoms with Gasteiger partial charge in [-0.05, 0) is 54.5 Å². The summed E-state index contributed by atoms with van der Waals surface area (Å²) in [5.74, 6) is -2.04. The number of benzene rings is 2. The molecule has 0 unspecified atom stereocenters. The Balaban J connectivity index is 1.73. The zero-order valence-corrected chi connectivity index (χ0v) is 15.2. The lowest BCUT2D eigenvalue weighted by Gasteiger charge is -2.27. The number of hydrogen-bond acceptors (Lipinski definition) is 7. The molecule has 1 spiro atoms. The Morgan fingerprint density at radius 1 is 0.931 bits per heavy atom. The van der Waals surface area contributed by atoms with Gasteiger partial charge in [-0.1, -0.05) is 12.1 Å². The SMILES string of the molecule is CC(=O)C1=Cc2cc(O)c(O)cc2[C@@]12OC(/C=C/c1ccc(O)c(O)c1)=CC2=O. The van der Waals surface area contributed by atoms with Crippen LogP contribution in [0.3, 0.4) is 0 Å². The Bertz CT molecular complexity index is 1170. The van der Waals surface area contributed by atoms with Crippen molar-refractivity contribution in [3.63, 3.8) is 0 Å². The molecule has 0 radical (unpaired) electrons. The quantitative estimate of drug-likeness (QED) is 0.592. The van der Waals surface area contributed by atoms with Crippen LogP contribution >= 0.6 is 0 Å². The zero-order chi connectivity index (χ0) is 20.9. The van der Waals surface area contributed by atoms with Crippen LogP contribution in [0.1, 0.15) is 23.6 Å². The van der Waals surface area contributed by atoms with Crippen molar-refractivity contribution < 1.29 is 34.8 Å². The third-order valence-corrected chi connectivity index (χ3v) is 4.92. The first-order chi connectivity index (χ1) is 13.7. The molecule has 1 aliphatic heterocycles. The topological polar surface area (TPSA) is 124 Å². The Morgan fingerprint density at radius 2 is 1.62 bits per heavy atom. The van der Waals surface area contributed by atoms with Crippen LogP contribution in [0.25, 0.3) is 12.2 Å². The molecular weight excluding hydrogens is 376 g/mol. The average Bonchev–Trinajstić information content (AvgIpc) is 3.15. The predicted octanol–water partition coefficient (Wildman–Crippen LogP) is 2.89. The van der Waals surface area contributed by atoms with Gasteiger partial charge in [-0.3, -0.25) is 9.59 Å². The van der Waals surface area contributed by atoms with Crippen LogP contribution < -0.4 is 0 Å². The number of phenols is 4. The average molecular weight is 392 g/mol. The van der Waals surface area contributed by atoms with Gasteiger partial charge in [0, 0.05) is 11.6 Å². The molecule has 4 N–H and O–H groups in total. The van der Waals surface area contributed by atoms with Crippen LogP contribution in [-0.2, 0) is 19.9 Å². The van der Waals surface area contributed by atoms with Crippen molar-refractivity contribution >= 4 is 23.7 Å². The van der Waals surface area contributed by atoms with E-state index < -0.39 is 17.1 Å². The number of carbonyl (C=O) groups is 2. The lowest BCUT2D eigenvalue weighted by molar-refractivity contribution is -0.130. The number of rotatable bonds is 3. The van der Waals surface area contributed by atoms with Gasteiger partial charge in [0.05, 0.1) is 5.57 Å². The number of ketones is 2. The maximum atomic E-state index is 12.9. The Morgan fingerprint density at radius 3 is 2.31 bits per heavy atom. The first-order valence-corrected chi connectivity index (χ1v) is 8.67. The molecule has 146 valence electrons. The van der Waals surface area contributed by atoms with E-state index in [1.54, 1.807) is 12.1 Å². The zero-order valence-electron chi connectivity index (χ0n) is 15.2. The van der Waals surface area contributed by atoms with E-state index in [9.17, 15) is 30.0 Å². The van der Waals surface area contributed by atoms with Gasteiger partial charge < -0.3 is 25.2 Å². The molecule has 1 aliphatic carbocycles. The molecule has 2 aromatic carbocycles. The van der Waals surface area contributed by atoms with Crippen LogP contribution in [0.15, 0.2) is 53.8 Å². The van der Waals surface area contributed by atoms with Gasteiger partial charge in [0.2, 0.25) is 11.4 Å². The lowest BCUT2D eigenvalue weighted by Crippen LogP contribution is -2.36. The summed E-state index contributed by atoms with van der Waals surface area (Å²) in [6, 6.07) is 6.71. The summed E-state index contributed by atoms with van der Waals surface area (Å²) in [7, 11) is 0. The summed E-state index contributed by atoms with van der Waals surface area (Å²) >= 11 is 0. The van der Waals surface area contributed by atoms with Crippen molar-refractivity contribution in [3.05, 3.63) is 70.5 Å². The molecule has 0 saturated heterocycles. The van der Waals surface area contributed by atoms with Crippen molar-refractivity contribution in [3.8, 4) is 23.0 Å². The molecule has 1 heterocycles. The molecule has 4 rings (SSSR count). The molecule has 2 aromatic rings. The van der Waals surface area contributed by atoms with Crippen molar-refractivity contribution in [2.24, 2.45) is 0 Å². The van der Waals surface area contributed by atoms with Crippen molar-refractivity contribution in [2.75, 3.05) is 0 Å². The molecule has 29 heavy (non-hydrogen) atoms. The molecule has 7 nitrogen and oxygen atoms in total. The summed E-state index contributed by atoms with van der Waals surface area (Å²) in [6.07, 6.45) is 5.77. The Labute approximate surface area is 165 Å². The molecular formula is C22H16O7. The van der Waals surface area contributed by atoms with Crippen LogP contribution in [0.5, 0.6) is 23.0 Å². The standard InChI is InChI=1S/C22H16O7/c1-11(23)15-7-13-8-19(26)20(27)10-16(13)22(15)21(28)9-14(29-22)4-2-12-3-5-17(24)18(25)6-12/h2-10,24-27H,1H3/b4-2+/t22-/m0/s1. The van der Waals surface area contributed by atoms with E-state index in [-0.39, 0.29) is 39.9 Å². The summed E-state index contributed by atoms with van der Waals surface area (Å²) in [4.78, 5) is 25.2. The fraction of sp³-hybridized carbons (Fsp3) is 0.0909. The molecule has 7 heteroatoms. The largest absolute Gasteiger partial charge is 0.504 e. The number of hydrogen-bond donors (Lipinski definition) is 4. The highest BCUT2D eigenvalue weighted by Crippen LogP contribution is 2.51. The third-order valence-electron chi connectivity index (χ3n) is 4.92. The minimum Gasteiger partial charge on any atom is -0.504 e. The first-order valence-electron chi connectivity index (χ1n) is 8.67. The van der Waals surface area contributed by atoms with E-state index in [1.807, 2.05) is 0 Å². The number of aromatic hydroxyl groups is 4. The van der Waals surface area contributed by atoms with Crippen molar-refractivity contribution in [1.29, 1.82) is 0 Å². The highest BCUT2D eigenvalue weighted by molar-refractivity contribution is 6.16. The summed E-state index contributed by atoms with van der Waals surface area (Å²) < 4.78 is 5.92. The van der Waals surface area contributed by atoms with Crippen molar-refractivity contribution in [1.82, 2.24) is 0 Å². The first kappa shape index (κ1) is 18.4. The van der Waals surface area contributed by atoms with E-state index >= 15 is 0 Å². The number of ether oxygens (including phenoxy) is 1. The van der Waals surface area contributed by atoms with Gasteiger partial charge in [-0.15, -0.1) is 0 Å². The molecule has 0 saturated carbocycles. The van der Waals surface area contributed by atoms with Gasteiger partial charge in [0.25, 0.3) is 0 Å². The van der Waals surface area contributed by atoms with Gasteiger partial charge in [-0.2, -0.15) is 0 Å². The highest BCUT2D eigenvalue weighted by atomic mass is 16.5. The van der Waals surface area contributed by atoms with E-state index in [2.05, 4.69) is 0 Å². The summed E-state index contributed by atoms with van der Waals surface area (Å²) in [6.45, 7) is 1.31. The van der Waals surface area contributed by atoms with E-state index in [0.29, 0.717) is 11.1 Å². The number of Topliss-reactive ketones (excluding diaryl/α,β-unsaturated/α-hetero) is 1. The van der Waals surface area contributed by atoms with Crippen LogP contribution in [-0.4, -0.2) is 32.0 Å². The number of phenolic OH excluding ortho intramolecular Hbond substituents is 4. The van der Waals surface area contributed by atoms with Gasteiger partial charge >= 0.3 is 0 Å². The normalized spacial score (nSPS) is 20.0. The second kappa shape index (κ2) is 6.27. The second-order valence-corrected chi connectivity index (χ2v) is 6.82. The number of fused-ring (bicyclic) bond motifs is 2. The van der Waals surface area contributed by atoms with E-state index in [4.69, 9.17) is 4.74 Å². The van der Waals surface area contributed by atoms with Crippen molar-refractivity contribution in [2.45, 2.75) is 12.5 Å². The van der Waals surface area contributed by atoms with Crippen LogP contribution in [0.4, 0.5) is 0 Å². The lowest BCUT2D eigenvalue weighted by atomic mass is 9.85. The smallest absolute Gasteiger partial charge is 0.225 e. The van der Waals surface area contributed by atoms with E-state index in [1.165, 1.54) is 49.4 Å².